The van der Waals surface area contributed by atoms with Crippen LogP contribution in [0.5, 0.6) is 5.75 Å². The highest BCUT2D eigenvalue weighted by Gasteiger charge is 2.10. The molecule has 1 N–H and O–H groups in total. The highest BCUT2D eigenvalue weighted by Crippen LogP contribution is 2.32. The highest BCUT2D eigenvalue weighted by atomic mass is 79.9. The number of hydrogen-bond donors (Lipinski definition) is 2. The molecule has 0 fully saturated rings. The van der Waals surface area contributed by atoms with Crippen molar-refractivity contribution >= 4 is 32.6 Å². The molecule has 0 aliphatic carbocycles. The third kappa shape index (κ3) is 2.45. The van der Waals surface area contributed by atoms with E-state index in [9.17, 15) is 4.55 Å². The summed E-state index contributed by atoms with van der Waals surface area (Å²) in [6, 6.07) is 3.90. The third-order valence-electron chi connectivity index (χ3n) is 2.81. The molecule has 0 radical (unpaired) electrons. The number of halogens is 1. The molecule has 3 heterocycles. The lowest BCUT2D eigenvalue weighted by Gasteiger charge is -2.07. The summed E-state index contributed by atoms with van der Waals surface area (Å²) in [5.41, 5.74) is 2.18. The first-order chi connectivity index (χ1) is 9.67. The third-order valence-corrected chi connectivity index (χ3v) is 4.46. The average Bonchev–Trinajstić information content (AvgIpc) is 3.02. The van der Waals surface area contributed by atoms with Gasteiger partial charge in [0.2, 0.25) is 0 Å². The maximum absolute atomic E-state index is 9.41. The van der Waals surface area contributed by atoms with Crippen molar-refractivity contribution in [2.24, 2.45) is 0 Å². The molecule has 3 rings (SSSR count). The SMILES string of the molecule is N#Cc1cnn2cc(OCC3=C[SH](O)C=C3)cc(Br)c12. The molecule has 1 aliphatic heterocycles. The number of nitrogens with zero attached hydrogens (tertiary/aromatic N) is 3. The van der Waals surface area contributed by atoms with Gasteiger partial charge >= 0.3 is 0 Å². The Balaban J connectivity index is 1.85. The molecule has 20 heavy (non-hydrogen) atoms. The van der Waals surface area contributed by atoms with Gasteiger partial charge in [0.15, 0.2) is 0 Å². The second kappa shape index (κ2) is 5.32. The molecule has 0 spiro atoms. The Morgan fingerprint density at radius 3 is 3.10 bits per heavy atom. The topological polar surface area (TPSA) is 70.6 Å². The maximum Gasteiger partial charge on any atom is 0.139 e. The van der Waals surface area contributed by atoms with E-state index in [0.717, 1.165) is 15.6 Å². The van der Waals surface area contributed by atoms with Gasteiger partial charge in [-0.3, -0.25) is 0 Å². The summed E-state index contributed by atoms with van der Waals surface area (Å²) in [5, 5.41) is 16.7. The van der Waals surface area contributed by atoms with E-state index in [1.807, 2.05) is 6.08 Å². The van der Waals surface area contributed by atoms with Gasteiger partial charge in [-0.15, -0.1) is 11.2 Å². The van der Waals surface area contributed by atoms with Gasteiger partial charge in [-0.1, -0.05) is 0 Å². The molecule has 7 heteroatoms. The van der Waals surface area contributed by atoms with Crippen molar-refractivity contribution in [2.45, 2.75) is 0 Å². The minimum atomic E-state index is -1.10. The number of thiol groups is 1. The van der Waals surface area contributed by atoms with Crippen LogP contribution in [0.1, 0.15) is 5.56 Å². The van der Waals surface area contributed by atoms with E-state index in [4.69, 9.17) is 10.00 Å². The highest BCUT2D eigenvalue weighted by molar-refractivity contribution is 9.10. The van der Waals surface area contributed by atoms with Crippen LogP contribution in [0.2, 0.25) is 0 Å². The van der Waals surface area contributed by atoms with Crippen molar-refractivity contribution in [3.8, 4) is 11.8 Å². The monoisotopic (exact) mass is 351 g/mol. The van der Waals surface area contributed by atoms with Gasteiger partial charge in [-0.2, -0.15) is 10.4 Å². The number of aromatic nitrogens is 2. The predicted octanol–water partition coefficient (Wildman–Crippen LogP) is 3.23. The lowest BCUT2D eigenvalue weighted by Crippen LogP contribution is -2.00. The lowest BCUT2D eigenvalue weighted by molar-refractivity contribution is 0.353. The van der Waals surface area contributed by atoms with Crippen molar-refractivity contribution in [2.75, 3.05) is 6.61 Å². The van der Waals surface area contributed by atoms with Crippen LogP contribution in [0.4, 0.5) is 0 Å². The fourth-order valence-electron chi connectivity index (χ4n) is 1.89. The zero-order chi connectivity index (χ0) is 14.1. The van der Waals surface area contributed by atoms with E-state index in [0.29, 0.717) is 17.9 Å². The number of nitriles is 1. The molecule has 0 saturated carbocycles. The summed E-state index contributed by atoms with van der Waals surface area (Å²) in [6.07, 6.45) is 5.11. The standard InChI is InChI=1S/C13H10BrN3O2S/c14-12-3-11(19-7-9-1-2-20(18)8-9)6-17-13(12)10(4-15)5-16-17/h1-3,5-6,8,18,20H,7H2. The van der Waals surface area contributed by atoms with Gasteiger partial charge < -0.3 is 9.29 Å². The van der Waals surface area contributed by atoms with Crippen LogP contribution in [0.15, 0.2) is 45.4 Å². The van der Waals surface area contributed by atoms with E-state index in [1.54, 1.807) is 27.6 Å². The summed E-state index contributed by atoms with van der Waals surface area (Å²) >= 11 is 2.32. The first kappa shape index (κ1) is 13.2. The molecule has 0 amide bonds. The van der Waals surface area contributed by atoms with Crippen LogP contribution in [-0.4, -0.2) is 20.8 Å². The molecule has 0 bridgehead atoms. The van der Waals surface area contributed by atoms with Crippen LogP contribution < -0.4 is 4.74 Å². The van der Waals surface area contributed by atoms with E-state index in [2.05, 4.69) is 27.1 Å². The Kier molecular flexibility index (Phi) is 3.53. The molecule has 1 atom stereocenters. The lowest BCUT2D eigenvalue weighted by atomic mass is 10.3. The number of ether oxygens (including phenoxy) is 1. The van der Waals surface area contributed by atoms with Crippen molar-refractivity contribution in [3.63, 3.8) is 0 Å². The maximum atomic E-state index is 9.41. The minimum absolute atomic E-state index is 0.389. The summed E-state index contributed by atoms with van der Waals surface area (Å²) in [5.74, 6) is 0.639. The summed E-state index contributed by atoms with van der Waals surface area (Å²) in [4.78, 5) is 0. The van der Waals surface area contributed by atoms with E-state index < -0.39 is 11.2 Å². The molecule has 0 saturated heterocycles. The average molecular weight is 352 g/mol. The first-order valence-corrected chi connectivity index (χ1v) is 7.96. The fourth-order valence-corrected chi connectivity index (χ4v) is 3.44. The quantitative estimate of drug-likeness (QED) is 0.832. The Morgan fingerprint density at radius 2 is 2.40 bits per heavy atom. The van der Waals surface area contributed by atoms with Crippen molar-refractivity contribution < 1.29 is 9.29 Å². The van der Waals surface area contributed by atoms with E-state index >= 15 is 0 Å². The second-order valence-electron chi connectivity index (χ2n) is 4.18. The minimum Gasteiger partial charge on any atom is -0.487 e. The van der Waals surface area contributed by atoms with Crippen molar-refractivity contribution in [1.29, 1.82) is 5.26 Å². The summed E-state index contributed by atoms with van der Waals surface area (Å²) < 4.78 is 17.4. The van der Waals surface area contributed by atoms with Gasteiger partial charge in [0.1, 0.15) is 18.4 Å². The van der Waals surface area contributed by atoms with E-state index in [-0.39, 0.29) is 0 Å². The van der Waals surface area contributed by atoms with Crippen LogP contribution in [0, 0.1) is 11.3 Å². The molecule has 1 aliphatic rings. The number of fused-ring (bicyclic) bond motifs is 1. The molecule has 102 valence electrons. The summed E-state index contributed by atoms with van der Waals surface area (Å²) in [6.45, 7) is 0.389. The molecular weight excluding hydrogens is 342 g/mol. The summed E-state index contributed by atoms with van der Waals surface area (Å²) in [7, 11) is 0. The second-order valence-corrected chi connectivity index (χ2v) is 6.35. The Labute approximate surface area is 126 Å². The largest absolute Gasteiger partial charge is 0.487 e. The Morgan fingerprint density at radius 1 is 1.55 bits per heavy atom. The van der Waals surface area contributed by atoms with Gasteiger partial charge in [0.25, 0.3) is 0 Å². The van der Waals surface area contributed by atoms with Crippen molar-refractivity contribution in [3.05, 3.63) is 51.0 Å². The first-order valence-electron chi connectivity index (χ1n) is 5.73. The molecule has 1 unspecified atom stereocenters. The van der Waals surface area contributed by atoms with Crippen LogP contribution >= 0.6 is 27.1 Å². The zero-order valence-electron chi connectivity index (χ0n) is 10.2. The van der Waals surface area contributed by atoms with Gasteiger partial charge in [-0.25, -0.2) is 4.52 Å². The molecule has 2 aromatic heterocycles. The van der Waals surface area contributed by atoms with Gasteiger partial charge in [0.05, 0.1) is 23.5 Å². The molecule has 2 aromatic rings. The fraction of sp³-hybridized carbons (Fsp3) is 0.0769. The smallest absolute Gasteiger partial charge is 0.139 e. The normalized spacial score (nSPS) is 19.1. The Bertz CT molecular complexity index is 776. The number of hydrogen-bond acceptors (Lipinski definition) is 4. The van der Waals surface area contributed by atoms with Crippen LogP contribution in [-0.2, 0) is 0 Å². The molecule has 0 aromatic carbocycles. The number of rotatable bonds is 3. The number of pyridine rings is 1. The van der Waals surface area contributed by atoms with E-state index in [1.165, 1.54) is 6.20 Å². The van der Waals surface area contributed by atoms with Gasteiger partial charge in [-0.05, 0) is 44.5 Å². The van der Waals surface area contributed by atoms with Crippen molar-refractivity contribution in [1.82, 2.24) is 9.61 Å². The molecular formula is C13H10BrN3O2S. The predicted molar refractivity (Wildman–Crippen MR) is 81.9 cm³/mol. The Hall–Kier alpha value is -1.75. The van der Waals surface area contributed by atoms with Gasteiger partial charge in [0, 0.05) is 4.47 Å². The molecule has 5 nitrogen and oxygen atoms in total. The van der Waals surface area contributed by atoms with Crippen LogP contribution in [0.25, 0.3) is 5.52 Å². The van der Waals surface area contributed by atoms with Crippen LogP contribution in [0.3, 0.4) is 0 Å². The zero-order valence-corrected chi connectivity index (χ0v) is 12.7.